The third-order valence-corrected chi connectivity index (χ3v) is 5.19. The SMILES string of the molecule is CCC(C(=O)OC(C)(C)C)n1cc(OC)c(-c2cc(Cl)ccc2-c2cc(C(F)F)on2)cc1=O. The Bertz CT molecular complexity index is 1250. The van der Waals surface area contributed by atoms with Crippen LogP contribution in [0.1, 0.15) is 52.3 Å². The largest absolute Gasteiger partial charge is 0.495 e. The van der Waals surface area contributed by atoms with Crippen LogP contribution in [0.3, 0.4) is 0 Å². The topological polar surface area (TPSA) is 83.6 Å². The van der Waals surface area contributed by atoms with Crippen molar-refractivity contribution in [3.05, 3.63) is 57.7 Å². The average Bonchev–Trinajstić information content (AvgIpc) is 3.24. The fourth-order valence-electron chi connectivity index (χ4n) is 3.47. The maximum atomic E-state index is 13.1. The van der Waals surface area contributed by atoms with Crippen LogP contribution in [0, 0.1) is 0 Å². The van der Waals surface area contributed by atoms with Gasteiger partial charge in [0.05, 0.1) is 13.3 Å². The number of hydrogen-bond acceptors (Lipinski definition) is 6. The van der Waals surface area contributed by atoms with E-state index in [0.717, 1.165) is 6.07 Å². The van der Waals surface area contributed by atoms with Gasteiger partial charge < -0.3 is 14.0 Å². The maximum absolute atomic E-state index is 13.1. The van der Waals surface area contributed by atoms with Crippen molar-refractivity contribution in [2.24, 2.45) is 0 Å². The molecule has 3 rings (SSSR count). The zero-order chi connectivity index (χ0) is 25.2. The van der Waals surface area contributed by atoms with E-state index >= 15 is 0 Å². The summed E-state index contributed by atoms with van der Waals surface area (Å²) in [6, 6.07) is 6.29. The molecule has 0 aliphatic carbocycles. The van der Waals surface area contributed by atoms with Crippen LogP contribution in [0.5, 0.6) is 5.75 Å². The molecule has 3 aromatic rings. The molecule has 10 heteroatoms. The Morgan fingerprint density at radius 3 is 2.44 bits per heavy atom. The van der Waals surface area contributed by atoms with Gasteiger partial charge in [-0.3, -0.25) is 9.36 Å². The number of carbonyl (C=O) groups is 1. The predicted octanol–water partition coefficient (Wildman–Crippen LogP) is 6.06. The minimum atomic E-state index is -2.82. The van der Waals surface area contributed by atoms with Crippen LogP contribution in [-0.2, 0) is 9.53 Å². The summed E-state index contributed by atoms with van der Waals surface area (Å²) in [4.78, 5) is 25.8. The molecule has 0 aliphatic rings. The first kappa shape index (κ1) is 25.4. The van der Waals surface area contributed by atoms with Crippen LogP contribution in [0.25, 0.3) is 22.4 Å². The number of aromatic nitrogens is 2. The molecule has 0 saturated carbocycles. The zero-order valence-electron chi connectivity index (χ0n) is 19.4. The lowest BCUT2D eigenvalue weighted by molar-refractivity contribution is -0.159. The number of halogens is 3. The van der Waals surface area contributed by atoms with E-state index in [1.807, 2.05) is 0 Å². The van der Waals surface area contributed by atoms with Gasteiger partial charge in [-0.1, -0.05) is 29.7 Å². The summed E-state index contributed by atoms with van der Waals surface area (Å²) >= 11 is 6.20. The Morgan fingerprint density at radius 2 is 1.88 bits per heavy atom. The lowest BCUT2D eigenvalue weighted by atomic mass is 9.97. The molecule has 1 aromatic carbocycles. The van der Waals surface area contributed by atoms with E-state index in [4.69, 9.17) is 25.6 Å². The van der Waals surface area contributed by atoms with Gasteiger partial charge in [-0.15, -0.1) is 0 Å². The third-order valence-electron chi connectivity index (χ3n) is 4.96. The number of rotatable bonds is 7. The van der Waals surface area contributed by atoms with Crippen molar-refractivity contribution in [2.75, 3.05) is 7.11 Å². The standard InChI is InChI=1S/C24H25ClF2N2O5/c1-6-18(23(31)33-24(2,3)4)29-12-20(32-5)16(10-21(29)30)15-9-13(25)7-8-14(15)17-11-19(22(26)27)34-28-17/h7-12,18,22H,6H2,1-5H3. The average molecular weight is 495 g/mol. The Labute approximate surface area is 200 Å². The van der Waals surface area contributed by atoms with E-state index in [1.165, 1.54) is 23.9 Å². The Hall–Kier alpha value is -3.20. The highest BCUT2D eigenvalue weighted by atomic mass is 35.5. The quantitative estimate of drug-likeness (QED) is 0.371. The summed E-state index contributed by atoms with van der Waals surface area (Å²) in [6.07, 6.45) is -1.09. The smallest absolute Gasteiger partial charge is 0.329 e. The monoisotopic (exact) mass is 494 g/mol. The van der Waals surface area contributed by atoms with Gasteiger partial charge in [0.25, 0.3) is 12.0 Å². The predicted molar refractivity (Wildman–Crippen MR) is 123 cm³/mol. The van der Waals surface area contributed by atoms with Crippen LogP contribution in [0.4, 0.5) is 8.78 Å². The second-order valence-electron chi connectivity index (χ2n) is 8.56. The van der Waals surface area contributed by atoms with Crippen LogP contribution in [-0.4, -0.2) is 28.4 Å². The van der Waals surface area contributed by atoms with E-state index in [9.17, 15) is 18.4 Å². The molecule has 0 fully saturated rings. The van der Waals surface area contributed by atoms with Gasteiger partial charge >= 0.3 is 5.97 Å². The second-order valence-corrected chi connectivity index (χ2v) is 9.00. The number of hydrogen-bond donors (Lipinski definition) is 0. The van der Waals surface area contributed by atoms with Gasteiger partial charge in [-0.25, -0.2) is 13.6 Å². The molecular weight excluding hydrogens is 470 g/mol. The number of ether oxygens (including phenoxy) is 2. The fraction of sp³-hybridized carbons (Fsp3) is 0.375. The molecule has 2 heterocycles. The van der Waals surface area contributed by atoms with Gasteiger partial charge in [0.2, 0.25) is 5.76 Å². The lowest BCUT2D eigenvalue weighted by Crippen LogP contribution is -2.34. The molecule has 0 spiro atoms. The maximum Gasteiger partial charge on any atom is 0.329 e. The van der Waals surface area contributed by atoms with E-state index < -0.39 is 35.4 Å². The first-order valence-corrected chi connectivity index (χ1v) is 10.9. The molecule has 182 valence electrons. The van der Waals surface area contributed by atoms with Crippen LogP contribution >= 0.6 is 11.6 Å². The molecule has 2 aromatic heterocycles. The first-order chi connectivity index (χ1) is 15.9. The molecular formula is C24H25ClF2N2O5. The van der Waals surface area contributed by atoms with Crippen molar-refractivity contribution in [1.29, 1.82) is 0 Å². The Kier molecular flexibility index (Phi) is 7.45. The first-order valence-electron chi connectivity index (χ1n) is 10.5. The normalized spacial score (nSPS) is 12.6. The van der Waals surface area contributed by atoms with Gasteiger partial charge in [-0.05, 0) is 44.9 Å². The number of methoxy groups -OCH3 is 1. The summed E-state index contributed by atoms with van der Waals surface area (Å²) < 4.78 is 43.0. The molecule has 0 amide bonds. The number of alkyl halides is 2. The summed E-state index contributed by atoms with van der Waals surface area (Å²) in [5, 5.41) is 4.08. The van der Waals surface area contributed by atoms with Crippen molar-refractivity contribution >= 4 is 17.6 Å². The number of pyridine rings is 1. The molecule has 0 radical (unpaired) electrons. The van der Waals surface area contributed by atoms with Crippen LogP contribution in [0.2, 0.25) is 5.02 Å². The van der Waals surface area contributed by atoms with E-state index in [0.29, 0.717) is 28.1 Å². The van der Waals surface area contributed by atoms with Gasteiger partial charge in [-0.2, -0.15) is 0 Å². The third kappa shape index (κ3) is 5.47. The summed E-state index contributed by atoms with van der Waals surface area (Å²) in [6.45, 7) is 7.00. The minimum Gasteiger partial charge on any atom is -0.495 e. The number of benzene rings is 1. The molecule has 7 nitrogen and oxygen atoms in total. The Morgan fingerprint density at radius 1 is 1.18 bits per heavy atom. The highest BCUT2D eigenvalue weighted by Gasteiger charge is 2.27. The highest BCUT2D eigenvalue weighted by molar-refractivity contribution is 6.31. The molecule has 1 atom stereocenters. The lowest BCUT2D eigenvalue weighted by Gasteiger charge is -2.25. The minimum absolute atomic E-state index is 0.147. The number of nitrogens with zero attached hydrogens (tertiary/aromatic N) is 2. The number of carbonyl (C=O) groups excluding carboxylic acids is 1. The van der Waals surface area contributed by atoms with Crippen molar-refractivity contribution in [3.8, 4) is 28.1 Å². The van der Waals surface area contributed by atoms with Gasteiger partial charge in [0.15, 0.2) is 0 Å². The fourth-order valence-corrected chi connectivity index (χ4v) is 3.65. The van der Waals surface area contributed by atoms with Crippen molar-refractivity contribution < 1.29 is 27.6 Å². The van der Waals surface area contributed by atoms with Crippen molar-refractivity contribution in [1.82, 2.24) is 9.72 Å². The summed E-state index contributed by atoms with van der Waals surface area (Å²) in [7, 11) is 1.41. The summed E-state index contributed by atoms with van der Waals surface area (Å²) in [5.41, 5.74) is 0.133. The zero-order valence-corrected chi connectivity index (χ0v) is 20.2. The second kappa shape index (κ2) is 9.97. The summed E-state index contributed by atoms with van der Waals surface area (Å²) in [5.74, 6) is -0.860. The van der Waals surface area contributed by atoms with Crippen molar-refractivity contribution in [3.63, 3.8) is 0 Å². The van der Waals surface area contributed by atoms with E-state index in [-0.39, 0.29) is 11.4 Å². The molecule has 1 unspecified atom stereocenters. The number of esters is 1. The molecule has 0 N–H and O–H groups in total. The van der Waals surface area contributed by atoms with Crippen LogP contribution < -0.4 is 10.3 Å². The van der Waals surface area contributed by atoms with E-state index in [2.05, 4.69) is 5.16 Å². The van der Waals surface area contributed by atoms with Gasteiger partial charge in [0.1, 0.15) is 23.1 Å². The Balaban J connectivity index is 2.15. The van der Waals surface area contributed by atoms with Crippen LogP contribution in [0.15, 0.2) is 45.8 Å². The molecule has 34 heavy (non-hydrogen) atoms. The van der Waals surface area contributed by atoms with Gasteiger partial charge in [0, 0.05) is 28.3 Å². The highest BCUT2D eigenvalue weighted by Crippen LogP contribution is 2.39. The van der Waals surface area contributed by atoms with Crippen molar-refractivity contribution in [2.45, 2.75) is 52.2 Å². The van der Waals surface area contributed by atoms with E-state index in [1.54, 1.807) is 45.9 Å². The molecule has 0 saturated heterocycles. The molecule has 0 aliphatic heterocycles. The molecule has 0 bridgehead atoms.